The highest BCUT2D eigenvalue weighted by atomic mass is 32.2. The van der Waals surface area contributed by atoms with Crippen LogP contribution in [-0.4, -0.2) is 18.1 Å². The van der Waals surface area contributed by atoms with Gasteiger partial charge in [-0.3, -0.25) is 0 Å². The summed E-state index contributed by atoms with van der Waals surface area (Å²) in [5.41, 5.74) is 0. The molecule has 0 bridgehead atoms. The average Bonchev–Trinajstić information content (AvgIpc) is 2.25. The summed E-state index contributed by atoms with van der Waals surface area (Å²) in [5, 5.41) is 0. The van der Waals surface area contributed by atoms with Gasteiger partial charge in [-0.25, -0.2) is 4.39 Å². The number of benzene rings is 1. The predicted octanol–water partition coefficient (Wildman–Crippen LogP) is 3.74. The van der Waals surface area contributed by atoms with Gasteiger partial charge in [0.15, 0.2) is 11.6 Å². The molecule has 0 aliphatic carbocycles. The van der Waals surface area contributed by atoms with Gasteiger partial charge in [-0.15, -0.1) is 0 Å². The van der Waals surface area contributed by atoms with Crippen molar-refractivity contribution in [2.45, 2.75) is 19.8 Å². The van der Waals surface area contributed by atoms with Gasteiger partial charge in [0, 0.05) is 5.75 Å². The normalized spacial score (nSPS) is 10.3. The van der Waals surface area contributed by atoms with Gasteiger partial charge in [0.05, 0.1) is 6.61 Å². The van der Waals surface area contributed by atoms with Gasteiger partial charge in [0.25, 0.3) is 0 Å². The van der Waals surface area contributed by atoms with Crippen molar-refractivity contribution in [1.29, 1.82) is 0 Å². The van der Waals surface area contributed by atoms with Crippen molar-refractivity contribution in [1.82, 2.24) is 0 Å². The summed E-state index contributed by atoms with van der Waals surface area (Å²) in [7, 11) is 0. The van der Waals surface area contributed by atoms with Crippen LogP contribution in [0.1, 0.15) is 19.8 Å². The van der Waals surface area contributed by atoms with E-state index in [1.165, 1.54) is 18.9 Å². The van der Waals surface area contributed by atoms with E-state index in [0.717, 1.165) is 11.5 Å². The molecule has 1 aromatic carbocycles. The lowest BCUT2D eigenvalue weighted by molar-refractivity contribution is 0.325. The van der Waals surface area contributed by atoms with Crippen LogP contribution in [0.15, 0.2) is 24.3 Å². The molecule has 0 radical (unpaired) electrons. The van der Waals surface area contributed by atoms with E-state index in [9.17, 15) is 4.39 Å². The molecule has 0 amide bonds. The molecule has 0 atom stereocenters. The Morgan fingerprint density at radius 3 is 2.80 bits per heavy atom. The van der Waals surface area contributed by atoms with Crippen LogP contribution >= 0.6 is 11.8 Å². The summed E-state index contributed by atoms with van der Waals surface area (Å²) >= 11 is 1.86. The number of para-hydroxylation sites is 1. The van der Waals surface area contributed by atoms with Crippen LogP contribution < -0.4 is 4.74 Å². The fraction of sp³-hybridized carbons (Fsp3) is 0.500. The number of hydrogen-bond acceptors (Lipinski definition) is 2. The largest absolute Gasteiger partial charge is 0.490 e. The van der Waals surface area contributed by atoms with Gasteiger partial charge in [-0.05, 0) is 24.3 Å². The number of ether oxygens (including phenoxy) is 1. The molecule has 0 unspecified atom stereocenters. The third kappa shape index (κ3) is 5.07. The zero-order valence-corrected chi connectivity index (χ0v) is 9.86. The Hall–Kier alpha value is -0.700. The van der Waals surface area contributed by atoms with E-state index in [0.29, 0.717) is 12.4 Å². The number of halogens is 1. The Balaban J connectivity index is 2.12. The standard InChI is InChI=1S/C12H17FOS/c1-2-3-9-15-10-8-14-12-7-5-4-6-11(12)13/h4-7H,2-3,8-10H2,1H3. The molecule has 0 spiro atoms. The number of unbranched alkanes of at least 4 members (excludes halogenated alkanes) is 1. The number of rotatable bonds is 7. The maximum atomic E-state index is 13.1. The third-order valence-electron chi connectivity index (χ3n) is 1.96. The average molecular weight is 228 g/mol. The van der Waals surface area contributed by atoms with Crippen LogP contribution in [0.5, 0.6) is 5.75 Å². The predicted molar refractivity (Wildman–Crippen MR) is 64.1 cm³/mol. The Morgan fingerprint density at radius 1 is 1.27 bits per heavy atom. The molecule has 1 nitrogen and oxygen atoms in total. The number of hydrogen-bond donors (Lipinski definition) is 0. The van der Waals surface area contributed by atoms with Gasteiger partial charge >= 0.3 is 0 Å². The second-order valence-corrected chi connectivity index (χ2v) is 4.47. The minimum Gasteiger partial charge on any atom is -0.490 e. The SMILES string of the molecule is CCCCSCCOc1ccccc1F. The van der Waals surface area contributed by atoms with Crippen LogP contribution in [-0.2, 0) is 0 Å². The highest BCUT2D eigenvalue weighted by Gasteiger charge is 2.00. The van der Waals surface area contributed by atoms with Gasteiger partial charge < -0.3 is 4.74 Å². The second kappa shape index (κ2) is 7.57. The molecule has 0 saturated heterocycles. The van der Waals surface area contributed by atoms with Crippen LogP contribution in [0.25, 0.3) is 0 Å². The minimum atomic E-state index is -0.281. The van der Waals surface area contributed by atoms with Crippen molar-refractivity contribution in [3.63, 3.8) is 0 Å². The summed E-state index contributed by atoms with van der Waals surface area (Å²) in [6.07, 6.45) is 2.46. The first-order chi connectivity index (χ1) is 7.34. The summed E-state index contributed by atoms with van der Waals surface area (Å²) in [6.45, 7) is 2.76. The topological polar surface area (TPSA) is 9.23 Å². The summed E-state index contributed by atoms with van der Waals surface area (Å²) in [4.78, 5) is 0. The minimum absolute atomic E-state index is 0.281. The van der Waals surface area contributed by atoms with E-state index in [4.69, 9.17) is 4.74 Å². The van der Waals surface area contributed by atoms with E-state index in [2.05, 4.69) is 6.92 Å². The van der Waals surface area contributed by atoms with E-state index in [1.807, 2.05) is 11.8 Å². The second-order valence-electron chi connectivity index (χ2n) is 3.24. The molecule has 0 aliphatic rings. The highest BCUT2D eigenvalue weighted by molar-refractivity contribution is 7.99. The van der Waals surface area contributed by atoms with Crippen LogP contribution in [0.3, 0.4) is 0 Å². The fourth-order valence-electron chi connectivity index (χ4n) is 1.12. The molecule has 0 N–H and O–H groups in total. The Morgan fingerprint density at radius 2 is 2.07 bits per heavy atom. The first-order valence-corrected chi connectivity index (χ1v) is 6.45. The molecule has 0 aromatic heterocycles. The Labute approximate surface area is 95.0 Å². The molecule has 0 heterocycles. The third-order valence-corrected chi connectivity index (χ3v) is 3.00. The summed E-state index contributed by atoms with van der Waals surface area (Å²) < 4.78 is 18.4. The molecule has 0 aliphatic heterocycles. The lowest BCUT2D eigenvalue weighted by Gasteiger charge is -2.06. The molecule has 1 rings (SSSR count). The van der Waals surface area contributed by atoms with Crippen LogP contribution in [0.4, 0.5) is 4.39 Å². The number of thioether (sulfide) groups is 1. The monoisotopic (exact) mass is 228 g/mol. The molecule has 0 saturated carbocycles. The lowest BCUT2D eigenvalue weighted by atomic mass is 10.3. The van der Waals surface area contributed by atoms with E-state index >= 15 is 0 Å². The zero-order valence-electron chi connectivity index (χ0n) is 9.04. The van der Waals surface area contributed by atoms with E-state index < -0.39 is 0 Å². The molecular formula is C12H17FOS. The summed E-state index contributed by atoms with van der Waals surface area (Å²) in [5.74, 6) is 2.16. The maximum absolute atomic E-state index is 13.1. The van der Waals surface area contributed by atoms with Crippen LogP contribution in [0, 0.1) is 5.82 Å². The molecule has 84 valence electrons. The molecule has 0 fully saturated rings. The smallest absolute Gasteiger partial charge is 0.165 e. The lowest BCUT2D eigenvalue weighted by Crippen LogP contribution is -2.02. The first kappa shape index (κ1) is 12.4. The van der Waals surface area contributed by atoms with Crippen molar-refractivity contribution in [2.24, 2.45) is 0 Å². The quantitative estimate of drug-likeness (QED) is 0.657. The van der Waals surface area contributed by atoms with Gasteiger partial charge in [0.1, 0.15) is 0 Å². The van der Waals surface area contributed by atoms with Gasteiger partial charge in [-0.1, -0.05) is 25.5 Å². The Bertz CT molecular complexity index is 278. The van der Waals surface area contributed by atoms with Gasteiger partial charge in [-0.2, -0.15) is 11.8 Å². The van der Waals surface area contributed by atoms with Crippen LogP contribution in [0.2, 0.25) is 0 Å². The van der Waals surface area contributed by atoms with E-state index in [1.54, 1.807) is 18.2 Å². The van der Waals surface area contributed by atoms with Crippen molar-refractivity contribution in [2.75, 3.05) is 18.1 Å². The fourth-order valence-corrected chi connectivity index (χ4v) is 2.02. The molecule has 1 aromatic rings. The van der Waals surface area contributed by atoms with Crippen molar-refractivity contribution in [3.8, 4) is 5.75 Å². The van der Waals surface area contributed by atoms with E-state index in [-0.39, 0.29) is 5.82 Å². The van der Waals surface area contributed by atoms with Crippen molar-refractivity contribution in [3.05, 3.63) is 30.1 Å². The molecule has 3 heteroatoms. The molecular weight excluding hydrogens is 211 g/mol. The molecule has 15 heavy (non-hydrogen) atoms. The van der Waals surface area contributed by atoms with Crippen molar-refractivity contribution < 1.29 is 9.13 Å². The zero-order chi connectivity index (χ0) is 10.9. The van der Waals surface area contributed by atoms with Gasteiger partial charge in [0.2, 0.25) is 0 Å². The summed E-state index contributed by atoms with van der Waals surface area (Å²) in [6, 6.07) is 6.52. The highest BCUT2D eigenvalue weighted by Crippen LogP contribution is 2.15. The maximum Gasteiger partial charge on any atom is 0.165 e. The first-order valence-electron chi connectivity index (χ1n) is 5.29. The Kier molecular flexibility index (Phi) is 6.25. The van der Waals surface area contributed by atoms with Crippen molar-refractivity contribution >= 4 is 11.8 Å².